The first-order valence-electron chi connectivity index (χ1n) is 7.22. The largest absolute Gasteiger partial charge is 0.390 e. The second kappa shape index (κ2) is 6.11. The van der Waals surface area contributed by atoms with Crippen molar-refractivity contribution >= 4 is 6.03 Å². The summed E-state index contributed by atoms with van der Waals surface area (Å²) >= 11 is 0. The number of urea groups is 1. The predicted molar refractivity (Wildman–Crippen MR) is 81.0 cm³/mol. The highest BCUT2D eigenvalue weighted by Crippen LogP contribution is 2.30. The van der Waals surface area contributed by atoms with Gasteiger partial charge in [-0.15, -0.1) is 0 Å². The lowest BCUT2D eigenvalue weighted by atomic mass is 10.1. The standard InChI is InChI=1S/C16H18N4O2/c1-10-17-7-6-12(19-10)9-18-16(22)20-15-13-5-3-2-4-11(13)8-14(15)21/h2-7,14-15,21H,8-9H2,1H3,(H2,18,20,22)/t14-,15+/m1/s1. The molecule has 0 saturated carbocycles. The number of fused-ring (bicyclic) bond motifs is 1. The van der Waals surface area contributed by atoms with Gasteiger partial charge in [-0.2, -0.15) is 0 Å². The van der Waals surface area contributed by atoms with Crippen LogP contribution in [-0.4, -0.2) is 27.2 Å². The quantitative estimate of drug-likeness (QED) is 0.795. The van der Waals surface area contributed by atoms with Crippen LogP contribution < -0.4 is 10.6 Å². The minimum absolute atomic E-state index is 0.319. The highest BCUT2D eigenvalue weighted by molar-refractivity contribution is 5.74. The average molecular weight is 298 g/mol. The second-order valence-corrected chi connectivity index (χ2v) is 5.37. The monoisotopic (exact) mass is 298 g/mol. The van der Waals surface area contributed by atoms with Crippen LogP contribution in [0.25, 0.3) is 0 Å². The topological polar surface area (TPSA) is 87.1 Å². The highest BCUT2D eigenvalue weighted by Gasteiger charge is 2.31. The number of aliphatic hydroxyl groups excluding tert-OH is 1. The molecule has 0 saturated heterocycles. The molecule has 114 valence electrons. The van der Waals surface area contributed by atoms with Crippen LogP contribution in [0.4, 0.5) is 4.79 Å². The third kappa shape index (κ3) is 3.07. The number of aryl methyl sites for hydroxylation is 1. The van der Waals surface area contributed by atoms with Crippen LogP contribution in [0.1, 0.15) is 28.7 Å². The lowest BCUT2D eigenvalue weighted by molar-refractivity contribution is 0.142. The van der Waals surface area contributed by atoms with E-state index in [2.05, 4.69) is 20.6 Å². The fourth-order valence-electron chi connectivity index (χ4n) is 2.71. The molecule has 1 aliphatic rings. The molecule has 0 unspecified atom stereocenters. The molecule has 0 aliphatic heterocycles. The zero-order chi connectivity index (χ0) is 15.5. The number of nitrogens with zero attached hydrogens (tertiary/aromatic N) is 2. The van der Waals surface area contributed by atoms with Gasteiger partial charge in [-0.25, -0.2) is 14.8 Å². The van der Waals surface area contributed by atoms with E-state index in [4.69, 9.17) is 0 Å². The highest BCUT2D eigenvalue weighted by atomic mass is 16.3. The van der Waals surface area contributed by atoms with Crippen LogP contribution in [-0.2, 0) is 13.0 Å². The molecule has 0 radical (unpaired) electrons. The fourth-order valence-corrected chi connectivity index (χ4v) is 2.71. The maximum atomic E-state index is 12.0. The van der Waals surface area contributed by atoms with Gasteiger partial charge in [0.2, 0.25) is 0 Å². The van der Waals surface area contributed by atoms with Gasteiger partial charge >= 0.3 is 6.03 Å². The maximum absolute atomic E-state index is 12.0. The molecule has 1 aromatic heterocycles. The lowest BCUT2D eigenvalue weighted by Gasteiger charge is -2.18. The zero-order valence-electron chi connectivity index (χ0n) is 12.3. The van der Waals surface area contributed by atoms with Crippen LogP contribution in [0.15, 0.2) is 36.5 Å². The predicted octanol–water partition coefficient (Wildman–Crippen LogP) is 1.24. The van der Waals surface area contributed by atoms with Gasteiger partial charge in [0.25, 0.3) is 0 Å². The summed E-state index contributed by atoms with van der Waals surface area (Å²) in [6, 6.07) is 8.82. The summed E-state index contributed by atoms with van der Waals surface area (Å²) in [6.45, 7) is 2.12. The molecule has 2 atom stereocenters. The summed E-state index contributed by atoms with van der Waals surface area (Å²) in [4.78, 5) is 20.3. The smallest absolute Gasteiger partial charge is 0.315 e. The SMILES string of the molecule is Cc1nccc(CNC(=O)N[C@H]2c3ccccc3C[C@H]2O)n1. The Morgan fingerprint density at radius 2 is 2.18 bits per heavy atom. The van der Waals surface area contributed by atoms with E-state index in [0.29, 0.717) is 18.8 Å². The lowest BCUT2D eigenvalue weighted by Crippen LogP contribution is -2.40. The van der Waals surface area contributed by atoms with Crippen LogP contribution in [0, 0.1) is 6.92 Å². The van der Waals surface area contributed by atoms with Gasteiger partial charge in [-0.3, -0.25) is 0 Å². The Hall–Kier alpha value is -2.47. The van der Waals surface area contributed by atoms with E-state index in [0.717, 1.165) is 16.8 Å². The van der Waals surface area contributed by atoms with Crippen molar-refractivity contribution in [3.8, 4) is 0 Å². The molecule has 6 nitrogen and oxygen atoms in total. The number of rotatable bonds is 3. The Balaban J connectivity index is 1.60. The average Bonchev–Trinajstić information content (AvgIpc) is 2.81. The van der Waals surface area contributed by atoms with E-state index in [1.165, 1.54) is 0 Å². The molecule has 3 rings (SSSR count). The normalized spacial score (nSPS) is 19.5. The molecule has 1 heterocycles. The van der Waals surface area contributed by atoms with Gasteiger partial charge in [0.15, 0.2) is 0 Å². The molecular weight excluding hydrogens is 280 g/mol. The molecule has 0 spiro atoms. The summed E-state index contributed by atoms with van der Waals surface area (Å²) < 4.78 is 0. The number of hydrogen-bond acceptors (Lipinski definition) is 4. The van der Waals surface area contributed by atoms with Crippen molar-refractivity contribution in [3.05, 3.63) is 59.2 Å². The molecule has 2 amide bonds. The molecule has 2 aromatic rings. The van der Waals surface area contributed by atoms with Crippen molar-refractivity contribution in [2.75, 3.05) is 0 Å². The van der Waals surface area contributed by atoms with Gasteiger partial charge in [0.1, 0.15) is 5.82 Å². The van der Waals surface area contributed by atoms with Gasteiger partial charge in [-0.05, 0) is 24.1 Å². The molecule has 3 N–H and O–H groups in total. The van der Waals surface area contributed by atoms with Crippen molar-refractivity contribution in [1.82, 2.24) is 20.6 Å². The molecular formula is C16H18N4O2. The van der Waals surface area contributed by atoms with E-state index < -0.39 is 6.10 Å². The van der Waals surface area contributed by atoms with Crippen molar-refractivity contribution in [1.29, 1.82) is 0 Å². The number of hydrogen-bond donors (Lipinski definition) is 3. The summed E-state index contributed by atoms with van der Waals surface area (Å²) in [5.41, 5.74) is 2.80. The van der Waals surface area contributed by atoms with Crippen LogP contribution in [0.3, 0.4) is 0 Å². The van der Waals surface area contributed by atoms with Crippen molar-refractivity contribution < 1.29 is 9.90 Å². The van der Waals surface area contributed by atoms with Crippen molar-refractivity contribution in [3.63, 3.8) is 0 Å². The second-order valence-electron chi connectivity index (χ2n) is 5.37. The van der Waals surface area contributed by atoms with E-state index in [-0.39, 0.29) is 12.1 Å². The zero-order valence-corrected chi connectivity index (χ0v) is 12.3. The first-order valence-corrected chi connectivity index (χ1v) is 7.22. The van der Waals surface area contributed by atoms with E-state index in [1.807, 2.05) is 24.3 Å². The summed E-state index contributed by atoms with van der Waals surface area (Å²) in [7, 11) is 0. The summed E-state index contributed by atoms with van der Waals surface area (Å²) in [6.07, 6.45) is 1.63. The third-order valence-electron chi connectivity index (χ3n) is 3.75. The molecule has 6 heteroatoms. The van der Waals surface area contributed by atoms with Crippen LogP contribution in [0.2, 0.25) is 0 Å². The number of benzene rings is 1. The first-order chi connectivity index (χ1) is 10.6. The summed E-state index contributed by atoms with van der Waals surface area (Å²) in [5, 5.41) is 15.7. The van der Waals surface area contributed by atoms with Gasteiger partial charge < -0.3 is 15.7 Å². The Kier molecular flexibility index (Phi) is 4.02. The third-order valence-corrected chi connectivity index (χ3v) is 3.75. The fraction of sp³-hybridized carbons (Fsp3) is 0.312. The Morgan fingerprint density at radius 3 is 3.00 bits per heavy atom. The Morgan fingerprint density at radius 1 is 1.36 bits per heavy atom. The Labute approximate surface area is 128 Å². The molecule has 0 fully saturated rings. The minimum atomic E-state index is -0.593. The molecule has 1 aromatic carbocycles. The van der Waals surface area contributed by atoms with Crippen LogP contribution in [0.5, 0.6) is 0 Å². The minimum Gasteiger partial charge on any atom is -0.390 e. The number of carbonyl (C=O) groups excluding carboxylic acids is 1. The van der Waals surface area contributed by atoms with Crippen LogP contribution >= 0.6 is 0 Å². The number of carbonyl (C=O) groups is 1. The number of aromatic nitrogens is 2. The Bertz CT molecular complexity index is 689. The van der Waals surface area contributed by atoms with Crippen molar-refractivity contribution in [2.24, 2.45) is 0 Å². The number of amides is 2. The van der Waals surface area contributed by atoms with E-state index >= 15 is 0 Å². The molecule has 1 aliphatic carbocycles. The molecule has 22 heavy (non-hydrogen) atoms. The number of nitrogens with one attached hydrogen (secondary N) is 2. The maximum Gasteiger partial charge on any atom is 0.315 e. The van der Waals surface area contributed by atoms with Crippen molar-refractivity contribution in [2.45, 2.75) is 32.0 Å². The van der Waals surface area contributed by atoms with Gasteiger partial charge in [0.05, 0.1) is 24.4 Å². The van der Waals surface area contributed by atoms with E-state index in [1.54, 1.807) is 19.2 Å². The van der Waals surface area contributed by atoms with Gasteiger partial charge in [0, 0.05) is 12.6 Å². The van der Waals surface area contributed by atoms with E-state index in [9.17, 15) is 9.90 Å². The molecule has 0 bridgehead atoms. The van der Waals surface area contributed by atoms with Gasteiger partial charge in [-0.1, -0.05) is 24.3 Å². The summed E-state index contributed by atoms with van der Waals surface area (Å²) in [5.74, 6) is 0.667. The number of aliphatic hydroxyl groups is 1. The first kappa shape index (κ1) is 14.5.